The number of carbonyl (C=O) groups is 1. The van der Waals surface area contributed by atoms with Crippen LogP contribution >= 0.6 is 0 Å². The molecule has 3 aromatic rings. The van der Waals surface area contributed by atoms with Gasteiger partial charge in [-0.3, -0.25) is 4.79 Å². The summed E-state index contributed by atoms with van der Waals surface area (Å²) in [6.07, 6.45) is 1.73. The zero-order chi connectivity index (χ0) is 18.4. The molecular formula is C21H20N4O. The van der Waals surface area contributed by atoms with Crippen molar-refractivity contribution in [2.45, 2.75) is 6.92 Å². The largest absolute Gasteiger partial charge is 0.366 e. The molecule has 0 saturated heterocycles. The third kappa shape index (κ3) is 4.33. The maximum Gasteiger partial charge on any atom is 0.274 e. The van der Waals surface area contributed by atoms with E-state index in [-0.39, 0.29) is 5.91 Å². The minimum absolute atomic E-state index is 0.281. The molecule has 1 aromatic heterocycles. The van der Waals surface area contributed by atoms with E-state index in [9.17, 15) is 4.79 Å². The van der Waals surface area contributed by atoms with Crippen LogP contribution in [0.25, 0.3) is 11.4 Å². The summed E-state index contributed by atoms with van der Waals surface area (Å²) in [5, 5.41) is 6.01. The molecule has 0 unspecified atom stereocenters. The summed E-state index contributed by atoms with van der Waals surface area (Å²) in [6.45, 7) is 6.22. The number of aromatic nitrogens is 2. The van der Waals surface area contributed by atoms with Gasteiger partial charge in [0.15, 0.2) is 5.82 Å². The predicted molar refractivity (Wildman–Crippen MR) is 105 cm³/mol. The van der Waals surface area contributed by atoms with Gasteiger partial charge in [0.25, 0.3) is 5.91 Å². The number of hydrogen-bond acceptors (Lipinski definition) is 4. The second-order valence-corrected chi connectivity index (χ2v) is 5.82. The number of nitrogens with one attached hydrogen (secondary N) is 2. The number of amides is 1. The quantitative estimate of drug-likeness (QED) is 0.654. The Labute approximate surface area is 152 Å². The highest BCUT2D eigenvalue weighted by Crippen LogP contribution is 2.19. The fourth-order valence-electron chi connectivity index (χ4n) is 2.47. The minimum atomic E-state index is -0.281. The van der Waals surface area contributed by atoms with Crippen LogP contribution in [0.1, 0.15) is 16.1 Å². The lowest BCUT2D eigenvalue weighted by Gasteiger charge is -2.10. The number of anilines is 2. The first-order valence-electron chi connectivity index (χ1n) is 8.33. The van der Waals surface area contributed by atoms with Crippen LogP contribution in [-0.4, -0.2) is 22.4 Å². The van der Waals surface area contributed by atoms with Crippen LogP contribution in [0, 0.1) is 6.92 Å². The van der Waals surface area contributed by atoms with E-state index in [1.165, 1.54) is 0 Å². The Morgan fingerprint density at radius 3 is 2.62 bits per heavy atom. The first kappa shape index (κ1) is 17.4. The van der Waals surface area contributed by atoms with Gasteiger partial charge in [-0.25, -0.2) is 9.97 Å². The van der Waals surface area contributed by atoms with Gasteiger partial charge in [0, 0.05) is 23.9 Å². The highest BCUT2D eigenvalue weighted by atomic mass is 16.1. The van der Waals surface area contributed by atoms with E-state index in [0.717, 1.165) is 16.8 Å². The average molecular weight is 344 g/mol. The molecule has 3 rings (SSSR count). The van der Waals surface area contributed by atoms with Crippen molar-refractivity contribution < 1.29 is 4.79 Å². The van der Waals surface area contributed by atoms with Gasteiger partial charge in [0.05, 0.1) is 0 Å². The monoisotopic (exact) mass is 344 g/mol. The number of nitrogens with zero attached hydrogens (tertiary/aromatic N) is 2. The molecule has 2 aromatic carbocycles. The van der Waals surface area contributed by atoms with Crippen molar-refractivity contribution in [2.75, 3.05) is 17.2 Å². The predicted octanol–water partition coefficient (Wildman–Crippen LogP) is 4.30. The molecule has 0 atom stereocenters. The van der Waals surface area contributed by atoms with Gasteiger partial charge in [0.2, 0.25) is 0 Å². The highest BCUT2D eigenvalue weighted by Gasteiger charge is 2.13. The standard InChI is InChI=1S/C21H20N4O/c1-3-12-22-19-14-18(21(26)23-17-11-7-8-15(2)13-17)24-20(25-19)16-9-5-4-6-10-16/h3-11,13-14H,1,12H2,2H3,(H,23,26)(H,22,24,25). The molecule has 1 heterocycles. The van der Waals surface area contributed by atoms with Crippen LogP contribution in [0.2, 0.25) is 0 Å². The SMILES string of the molecule is C=CCNc1cc(C(=O)Nc2cccc(C)c2)nc(-c2ccccc2)n1. The van der Waals surface area contributed by atoms with Crippen molar-refractivity contribution in [3.05, 3.63) is 84.6 Å². The number of hydrogen-bond donors (Lipinski definition) is 2. The molecule has 0 aliphatic carbocycles. The molecular weight excluding hydrogens is 324 g/mol. The second-order valence-electron chi connectivity index (χ2n) is 5.82. The normalized spacial score (nSPS) is 10.2. The Morgan fingerprint density at radius 1 is 1.08 bits per heavy atom. The molecule has 2 N–H and O–H groups in total. The highest BCUT2D eigenvalue weighted by molar-refractivity contribution is 6.03. The third-order valence-corrected chi connectivity index (χ3v) is 3.69. The lowest BCUT2D eigenvalue weighted by Crippen LogP contribution is -2.16. The van der Waals surface area contributed by atoms with Crippen LogP contribution in [0.3, 0.4) is 0 Å². The lowest BCUT2D eigenvalue weighted by molar-refractivity contribution is 0.102. The molecule has 130 valence electrons. The van der Waals surface area contributed by atoms with Crippen LogP contribution in [0.5, 0.6) is 0 Å². The molecule has 0 aliphatic heterocycles. The summed E-state index contributed by atoms with van der Waals surface area (Å²) in [5.41, 5.74) is 2.95. The second kappa shape index (κ2) is 8.07. The maximum absolute atomic E-state index is 12.7. The summed E-state index contributed by atoms with van der Waals surface area (Å²) in [6, 6.07) is 18.8. The first-order chi connectivity index (χ1) is 12.7. The van der Waals surface area contributed by atoms with Crippen LogP contribution < -0.4 is 10.6 Å². The zero-order valence-corrected chi connectivity index (χ0v) is 14.6. The van der Waals surface area contributed by atoms with Gasteiger partial charge in [-0.05, 0) is 24.6 Å². The summed E-state index contributed by atoms with van der Waals surface area (Å²) in [7, 11) is 0. The van der Waals surface area contributed by atoms with Gasteiger partial charge < -0.3 is 10.6 Å². The van der Waals surface area contributed by atoms with E-state index in [1.807, 2.05) is 61.5 Å². The van der Waals surface area contributed by atoms with E-state index in [4.69, 9.17) is 0 Å². The Balaban J connectivity index is 1.94. The van der Waals surface area contributed by atoms with E-state index >= 15 is 0 Å². The van der Waals surface area contributed by atoms with Crippen molar-refractivity contribution in [1.29, 1.82) is 0 Å². The van der Waals surface area contributed by atoms with Crippen LogP contribution in [-0.2, 0) is 0 Å². The van der Waals surface area contributed by atoms with Gasteiger partial charge in [-0.15, -0.1) is 6.58 Å². The Kier molecular flexibility index (Phi) is 5.39. The smallest absolute Gasteiger partial charge is 0.274 e. The Bertz CT molecular complexity index is 922. The molecule has 26 heavy (non-hydrogen) atoms. The molecule has 5 heteroatoms. The van der Waals surface area contributed by atoms with Crippen molar-refractivity contribution >= 4 is 17.4 Å². The topological polar surface area (TPSA) is 66.9 Å². The minimum Gasteiger partial charge on any atom is -0.366 e. The Hall–Kier alpha value is -3.47. The van der Waals surface area contributed by atoms with E-state index in [1.54, 1.807) is 12.1 Å². The van der Waals surface area contributed by atoms with Gasteiger partial charge >= 0.3 is 0 Å². The Morgan fingerprint density at radius 2 is 1.88 bits per heavy atom. The van der Waals surface area contributed by atoms with E-state index in [0.29, 0.717) is 23.9 Å². The fourth-order valence-corrected chi connectivity index (χ4v) is 2.47. The molecule has 0 saturated carbocycles. The first-order valence-corrected chi connectivity index (χ1v) is 8.33. The summed E-state index contributed by atoms with van der Waals surface area (Å²) < 4.78 is 0. The molecule has 0 fully saturated rings. The zero-order valence-electron chi connectivity index (χ0n) is 14.6. The molecule has 5 nitrogen and oxygen atoms in total. The van der Waals surface area contributed by atoms with Crippen molar-refractivity contribution in [3.8, 4) is 11.4 Å². The van der Waals surface area contributed by atoms with Gasteiger partial charge in [0.1, 0.15) is 11.5 Å². The maximum atomic E-state index is 12.7. The average Bonchev–Trinajstić information content (AvgIpc) is 2.67. The van der Waals surface area contributed by atoms with Gasteiger partial charge in [-0.2, -0.15) is 0 Å². The molecule has 0 spiro atoms. The number of aryl methyl sites for hydroxylation is 1. The van der Waals surface area contributed by atoms with Crippen molar-refractivity contribution in [3.63, 3.8) is 0 Å². The number of benzene rings is 2. The summed E-state index contributed by atoms with van der Waals surface area (Å²) >= 11 is 0. The van der Waals surface area contributed by atoms with Crippen LogP contribution in [0.4, 0.5) is 11.5 Å². The van der Waals surface area contributed by atoms with E-state index < -0.39 is 0 Å². The molecule has 0 aliphatic rings. The van der Waals surface area contributed by atoms with Gasteiger partial charge in [-0.1, -0.05) is 48.5 Å². The van der Waals surface area contributed by atoms with Crippen molar-refractivity contribution in [2.24, 2.45) is 0 Å². The third-order valence-electron chi connectivity index (χ3n) is 3.69. The molecule has 1 amide bonds. The lowest BCUT2D eigenvalue weighted by atomic mass is 10.2. The number of carbonyl (C=O) groups excluding carboxylic acids is 1. The molecule has 0 radical (unpaired) electrons. The number of rotatable bonds is 6. The van der Waals surface area contributed by atoms with Crippen LogP contribution in [0.15, 0.2) is 73.3 Å². The summed E-state index contributed by atoms with van der Waals surface area (Å²) in [5.74, 6) is 0.791. The fraction of sp³-hybridized carbons (Fsp3) is 0.0952. The molecule has 0 bridgehead atoms. The van der Waals surface area contributed by atoms with Crippen molar-refractivity contribution in [1.82, 2.24) is 9.97 Å². The summed E-state index contributed by atoms with van der Waals surface area (Å²) in [4.78, 5) is 21.6. The van der Waals surface area contributed by atoms with E-state index in [2.05, 4.69) is 27.2 Å².